The van der Waals surface area contributed by atoms with E-state index in [2.05, 4.69) is 10.1 Å². The number of methoxy groups -OCH3 is 1. The second kappa shape index (κ2) is 5.30. The van der Waals surface area contributed by atoms with Crippen molar-refractivity contribution in [2.75, 3.05) is 19.5 Å². The van der Waals surface area contributed by atoms with E-state index in [1.54, 1.807) is 18.4 Å². The molecule has 102 valence electrons. The summed E-state index contributed by atoms with van der Waals surface area (Å²) < 4.78 is 10.4. The van der Waals surface area contributed by atoms with Crippen molar-refractivity contribution in [2.24, 2.45) is 0 Å². The Kier molecular flexibility index (Phi) is 3.52. The molecule has 2 aromatic rings. The third-order valence-electron chi connectivity index (χ3n) is 3.38. The number of fused-ring (bicyclic) bond motifs is 1. The number of nitrogen functional groups attached to an aromatic ring is 1. The number of nitrogens with two attached hydrogens (primary N) is 1. The van der Waals surface area contributed by atoms with Crippen LogP contribution in [0.4, 0.5) is 5.00 Å². The van der Waals surface area contributed by atoms with Crippen LogP contribution in [0.25, 0.3) is 11.5 Å². The highest BCUT2D eigenvalue weighted by Gasteiger charge is 2.25. The molecule has 19 heavy (non-hydrogen) atoms. The molecule has 0 radical (unpaired) electrons. The maximum absolute atomic E-state index is 6.09. The molecular weight excluding hydrogens is 262 g/mol. The number of thiophene rings is 1. The Bertz CT molecular complexity index is 576. The summed E-state index contributed by atoms with van der Waals surface area (Å²) in [6, 6.07) is 0. The highest BCUT2D eigenvalue weighted by Crippen LogP contribution is 2.42. The van der Waals surface area contributed by atoms with Crippen molar-refractivity contribution < 1.29 is 9.26 Å². The van der Waals surface area contributed by atoms with Gasteiger partial charge in [0.2, 0.25) is 0 Å². The van der Waals surface area contributed by atoms with Crippen molar-refractivity contribution >= 4 is 16.3 Å². The summed E-state index contributed by atoms with van der Waals surface area (Å²) in [5.74, 6) is 1.30. The minimum atomic E-state index is 0.573. The van der Waals surface area contributed by atoms with E-state index in [4.69, 9.17) is 15.0 Å². The molecule has 0 saturated heterocycles. The Morgan fingerprint density at radius 2 is 2.32 bits per heavy atom. The number of ether oxygens (including phenoxy) is 1. The fourth-order valence-electron chi connectivity index (χ4n) is 2.49. The van der Waals surface area contributed by atoms with E-state index in [-0.39, 0.29) is 0 Å². The van der Waals surface area contributed by atoms with Gasteiger partial charge in [-0.1, -0.05) is 5.16 Å². The van der Waals surface area contributed by atoms with Gasteiger partial charge in [0.1, 0.15) is 0 Å². The number of aromatic nitrogens is 2. The molecule has 0 saturated carbocycles. The molecule has 0 aromatic carbocycles. The van der Waals surface area contributed by atoms with Crippen LogP contribution in [-0.2, 0) is 24.0 Å². The molecular formula is C13H17N3O2S. The van der Waals surface area contributed by atoms with Gasteiger partial charge in [0.25, 0.3) is 5.89 Å². The van der Waals surface area contributed by atoms with E-state index in [0.29, 0.717) is 12.5 Å². The zero-order chi connectivity index (χ0) is 13.2. The van der Waals surface area contributed by atoms with Crippen molar-refractivity contribution in [2.45, 2.75) is 32.1 Å². The van der Waals surface area contributed by atoms with E-state index in [0.717, 1.165) is 42.1 Å². The van der Waals surface area contributed by atoms with Crippen LogP contribution < -0.4 is 5.73 Å². The summed E-state index contributed by atoms with van der Waals surface area (Å²) in [7, 11) is 1.69. The van der Waals surface area contributed by atoms with E-state index in [1.165, 1.54) is 16.9 Å². The highest BCUT2D eigenvalue weighted by atomic mass is 32.1. The summed E-state index contributed by atoms with van der Waals surface area (Å²) >= 11 is 1.66. The van der Waals surface area contributed by atoms with Gasteiger partial charge in [0.15, 0.2) is 5.82 Å². The first-order chi connectivity index (χ1) is 9.29. The van der Waals surface area contributed by atoms with Gasteiger partial charge in [-0.05, 0) is 31.2 Å². The first kappa shape index (κ1) is 12.6. The fraction of sp³-hybridized carbons (Fsp3) is 0.538. The van der Waals surface area contributed by atoms with Crippen LogP contribution in [0.1, 0.15) is 29.1 Å². The Hall–Kier alpha value is -1.40. The van der Waals surface area contributed by atoms with Crippen molar-refractivity contribution in [3.05, 3.63) is 16.3 Å². The van der Waals surface area contributed by atoms with Gasteiger partial charge in [-0.2, -0.15) is 4.98 Å². The molecule has 2 heterocycles. The Labute approximate surface area is 115 Å². The summed E-state index contributed by atoms with van der Waals surface area (Å²) in [6.45, 7) is 0.708. The van der Waals surface area contributed by atoms with Gasteiger partial charge >= 0.3 is 0 Å². The van der Waals surface area contributed by atoms with Gasteiger partial charge in [-0.3, -0.25) is 0 Å². The normalized spacial score (nSPS) is 13.9. The van der Waals surface area contributed by atoms with Crippen LogP contribution in [0.5, 0.6) is 0 Å². The van der Waals surface area contributed by atoms with Crippen molar-refractivity contribution in [1.29, 1.82) is 0 Å². The smallest absolute Gasteiger partial charge is 0.261 e. The Morgan fingerprint density at radius 3 is 3.16 bits per heavy atom. The maximum Gasteiger partial charge on any atom is 0.261 e. The molecule has 0 bridgehead atoms. The fourth-order valence-corrected chi connectivity index (χ4v) is 3.64. The largest absolute Gasteiger partial charge is 0.390 e. The zero-order valence-electron chi connectivity index (χ0n) is 10.9. The molecule has 0 spiro atoms. The number of rotatable bonds is 5. The molecule has 0 amide bonds. The molecule has 5 nitrogen and oxygen atoms in total. The molecule has 6 heteroatoms. The van der Waals surface area contributed by atoms with E-state index in [1.807, 2.05) is 0 Å². The van der Waals surface area contributed by atoms with Gasteiger partial charge in [0.05, 0.1) is 10.6 Å². The third-order valence-corrected chi connectivity index (χ3v) is 4.50. The van der Waals surface area contributed by atoms with Gasteiger partial charge in [-0.15, -0.1) is 11.3 Å². The summed E-state index contributed by atoms with van der Waals surface area (Å²) in [5.41, 5.74) is 8.37. The molecule has 2 aromatic heterocycles. The summed E-state index contributed by atoms with van der Waals surface area (Å²) in [5, 5.41) is 4.82. The number of nitrogens with zero attached hydrogens (tertiary/aromatic N) is 2. The highest BCUT2D eigenvalue weighted by molar-refractivity contribution is 7.16. The Morgan fingerprint density at radius 1 is 1.42 bits per heavy atom. The van der Waals surface area contributed by atoms with Gasteiger partial charge < -0.3 is 15.0 Å². The quantitative estimate of drug-likeness (QED) is 0.851. The average molecular weight is 279 g/mol. The van der Waals surface area contributed by atoms with Crippen molar-refractivity contribution in [3.8, 4) is 11.5 Å². The summed E-state index contributed by atoms with van der Waals surface area (Å²) in [6.07, 6.45) is 5.05. The lowest BCUT2D eigenvalue weighted by Crippen LogP contribution is -1.94. The van der Waals surface area contributed by atoms with Crippen LogP contribution >= 0.6 is 11.3 Å². The van der Waals surface area contributed by atoms with Crippen LogP contribution in [0, 0.1) is 0 Å². The monoisotopic (exact) mass is 279 g/mol. The number of hydrogen-bond acceptors (Lipinski definition) is 6. The lowest BCUT2D eigenvalue weighted by atomic mass is 10.1. The molecule has 2 N–H and O–H groups in total. The van der Waals surface area contributed by atoms with E-state index < -0.39 is 0 Å². The van der Waals surface area contributed by atoms with E-state index >= 15 is 0 Å². The van der Waals surface area contributed by atoms with Gasteiger partial charge in [-0.25, -0.2) is 0 Å². The van der Waals surface area contributed by atoms with Crippen LogP contribution in [0.3, 0.4) is 0 Å². The molecule has 0 fully saturated rings. The average Bonchev–Trinajstić information content (AvgIpc) is 3.05. The number of aryl methyl sites for hydroxylation is 2. The molecule has 1 aliphatic rings. The molecule has 0 aliphatic heterocycles. The standard InChI is InChI=1S/C13H17N3O2S/c1-17-7-3-6-10-15-13(18-16-10)11-8-4-2-5-9(8)19-12(11)14/h2-7,14H2,1H3. The van der Waals surface area contributed by atoms with Crippen LogP contribution in [0.2, 0.25) is 0 Å². The molecule has 0 unspecified atom stereocenters. The van der Waals surface area contributed by atoms with Crippen molar-refractivity contribution in [3.63, 3.8) is 0 Å². The second-order valence-electron chi connectivity index (χ2n) is 4.71. The predicted molar refractivity (Wildman–Crippen MR) is 74.2 cm³/mol. The predicted octanol–water partition coefficient (Wildman–Crippen LogP) is 2.45. The first-order valence-electron chi connectivity index (χ1n) is 6.51. The van der Waals surface area contributed by atoms with Crippen molar-refractivity contribution in [1.82, 2.24) is 10.1 Å². The lowest BCUT2D eigenvalue weighted by Gasteiger charge is -1.96. The summed E-state index contributed by atoms with van der Waals surface area (Å²) in [4.78, 5) is 5.84. The van der Waals surface area contributed by atoms with E-state index in [9.17, 15) is 0 Å². The van der Waals surface area contributed by atoms with Crippen LogP contribution in [0.15, 0.2) is 4.52 Å². The number of anilines is 1. The van der Waals surface area contributed by atoms with Crippen LogP contribution in [-0.4, -0.2) is 23.9 Å². The topological polar surface area (TPSA) is 74.2 Å². The minimum Gasteiger partial charge on any atom is -0.390 e. The third kappa shape index (κ3) is 2.37. The molecule has 3 rings (SSSR count). The first-order valence-corrected chi connectivity index (χ1v) is 7.33. The maximum atomic E-state index is 6.09. The van der Waals surface area contributed by atoms with Gasteiger partial charge in [0, 0.05) is 25.0 Å². The zero-order valence-corrected chi connectivity index (χ0v) is 11.8. The Balaban J connectivity index is 1.83. The minimum absolute atomic E-state index is 0.573. The second-order valence-corrected chi connectivity index (χ2v) is 5.85. The molecule has 1 aliphatic carbocycles. The SMILES string of the molecule is COCCCc1noc(-c2c(N)sc3c2CCC3)n1. The molecule has 0 atom stereocenters. The lowest BCUT2D eigenvalue weighted by molar-refractivity contribution is 0.194. The number of hydrogen-bond donors (Lipinski definition) is 1.